The molecule has 1 unspecified atom stereocenters. The van der Waals surface area contributed by atoms with E-state index in [9.17, 15) is 0 Å². The van der Waals surface area contributed by atoms with Crippen molar-refractivity contribution in [3.8, 4) is 5.75 Å². The van der Waals surface area contributed by atoms with Crippen LogP contribution in [-0.2, 0) is 14.0 Å². The average molecular weight is 334 g/mol. The number of rotatable bonds is 3. The summed E-state index contributed by atoms with van der Waals surface area (Å²) < 4.78 is 24.3. The third-order valence-electron chi connectivity index (χ3n) is 5.07. The Hall–Kier alpha value is -0.818. The van der Waals surface area contributed by atoms with Crippen molar-refractivity contribution in [1.29, 1.82) is 0 Å². The molecule has 2 fully saturated rings. The second-order valence-corrected chi connectivity index (χ2v) is 8.70. The number of hydrogen-bond donors (Lipinski definition) is 0. The Morgan fingerprint density at radius 1 is 1.13 bits per heavy atom. The molecule has 0 spiro atoms. The molecule has 2 saturated heterocycles. The van der Waals surface area contributed by atoms with Gasteiger partial charge in [0.2, 0.25) is 0 Å². The van der Waals surface area contributed by atoms with Gasteiger partial charge in [0.25, 0.3) is 0 Å². The molecule has 0 amide bonds. The summed E-state index contributed by atoms with van der Waals surface area (Å²) in [5.74, 6) is 0.815. The molecule has 0 aliphatic carbocycles. The van der Waals surface area contributed by atoms with E-state index in [-0.39, 0.29) is 17.5 Å². The lowest BCUT2D eigenvalue weighted by molar-refractivity contribution is -0.105. The van der Waals surface area contributed by atoms with Gasteiger partial charge in [0, 0.05) is 22.1 Å². The Morgan fingerprint density at radius 3 is 2.43 bits per heavy atom. The molecule has 2 aliphatic heterocycles. The quantitative estimate of drug-likeness (QED) is 0.769. The normalized spacial score (nSPS) is 26.4. The Balaban J connectivity index is 1.85. The first kappa shape index (κ1) is 17.0. The first-order valence-corrected chi connectivity index (χ1v) is 9.53. The molecular weight excluding hydrogens is 307 g/mol. The fraction of sp³-hybridized carbons (Fsp3) is 0.647. The molecule has 0 N–H and O–H groups in total. The first-order chi connectivity index (χ1) is 10.8. The van der Waals surface area contributed by atoms with E-state index in [1.807, 2.05) is 6.07 Å². The Bertz CT molecular complexity index is 554. The monoisotopic (exact) mass is 334 g/mol. The van der Waals surface area contributed by atoms with Crippen LogP contribution in [0.3, 0.4) is 0 Å². The minimum Gasteiger partial charge on any atom is -0.465 e. The van der Waals surface area contributed by atoms with Crippen molar-refractivity contribution in [1.82, 2.24) is 0 Å². The summed E-state index contributed by atoms with van der Waals surface area (Å²) in [7, 11) is 0.586. The first-order valence-electron chi connectivity index (χ1n) is 8.53. The van der Waals surface area contributed by atoms with E-state index >= 15 is 0 Å². The number of benzene rings is 1. The summed E-state index contributed by atoms with van der Waals surface area (Å²) in [6.45, 7) is 9.06. The zero-order chi connectivity index (χ0) is 16.7. The maximum absolute atomic E-state index is 6.21. The summed E-state index contributed by atoms with van der Waals surface area (Å²) in [6, 6.07) is 6.28. The van der Waals surface area contributed by atoms with Crippen LogP contribution in [0.2, 0.25) is 0 Å². The number of hydrogen-bond acceptors (Lipinski definition) is 4. The molecule has 0 bridgehead atoms. The van der Waals surface area contributed by atoms with Crippen molar-refractivity contribution in [2.75, 3.05) is 6.61 Å². The zero-order valence-corrected chi connectivity index (χ0v) is 16.8. The van der Waals surface area contributed by atoms with Gasteiger partial charge in [-0.2, -0.15) is 0 Å². The maximum Gasteiger partial charge on any atom is 0.498 e. The summed E-state index contributed by atoms with van der Waals surface area (Å²) in [5.41, 5.74) is 0.278. The van der Waals surface area contributed by atoms with Crippen molar-refractivity contribution in [3.05, 3.63) is 18.2 Å². The predicted octanol–water partition coefficient (Wildman–Crippen LogP) is 0.882. The fourth-order valence-corrected chi connectivity index (χ4v) is 3.35. The van der Waals surface area contributed by atoms with Gasteiger partial charge in [-0.25, -0.2) is 0 Å². The van der Waals surface area contributed by atoms with E-state index in [4.69, 9.17) is 18.8 Å². The molecule has 1 aromatic carbocycles. The summed E-state index contributed by atoms with van der Waals surface area (Å²) >= 11 is 0. The highest BCUT2D eigenvalue weighted by Crippen LogP contribution is 2.37. The van der Waals surface area contributed by atoms with Crippen LogP contribution in [0.25, 0.3) is 0 Å². The van der Waals surface area contributed by atoms with Crippen LogP contribution in [0.5, 0.6) is 5.75 Å². The van der Waals surface area contributed by atoms with E-state index in [2.05, 4.69) is 39.8 Å². The van der Waals surface area contributed by atoms with Crippen LogP contribution in [0.15, 0.2) is 18.2 Å². The molecule has 6 heteroatoms. The predicted molar refractivity (Wildman–Crippen MR) is 96.0 cm³/mol. The molecule has 0 saturated carbocycles. The summed E-state index contributed by atoms with van der Waals surface area (Å²) in [5, 5.41) is 1.30. The van der Waals surface area contributed by atoms with Crippen LogP contribution in [0.1, 0.15) is 47.0 Å². The van der Waals surface area contributed by atoms with Crippen LogP contribution >= 0.6 is 0 Å². The van der Waals surface area contributed by atoms with Gasteiger partial charge in [0.05, 0.1) is 17.8 Å². The van der Waals surface area contributed by atoms with Crippen LogP contribution in [-0.4, -0.2) is 41.5 Å². The van der Waals surface area contributed by atoms with Gasteiger partial charge in [-0.05, 0) is 46.6 Å². The molecule has 23 heavy (non-hydrogen) atoms. The van der Waals surface area contributed by atoms with Crippen LogP contribution in [0, 0.1) is 0 Å². The third-order valence-corrected chi connectivity index (χ3v) is 5.69. The molecule has 1 aromatic rings. The molecular formula is C17H27BO4Si. The Labute approximate surface area is 142 Å². The van der Waals surface area contributed by atoms with Crippen molar-refractivity contribution in [2.24, 2.45) is 0 Å². The molecule has 126 valence electrons. The molecule has 2 heterocycles. The minimum atomic E-state index is -0.396. The van der Waals surface area contributed by atoms with Gasteiger partial charge in [-0.15, -0.1) is 0 Å². The minimum absolute atomic E-state index is 0.162. The van der Waals surface area contributed by atoms with E-state index < -0.39 is 7.12 Å². The van der Waals surface area contributed by atoms with Gasteiger partial charge in [-0.1, -0.05) is 17.3 Å². The average Bonchev–Trinajstić information content (AvgIpc) is 2.70. The molecule has 2 aliphatic rings. The van der Waals surface area contributed by atoms with Gasteiger partial charge in [0.15, 0.2) is 6.29 Å². The molecule has 3 rings (SSSR count). The summed E-state index contributed by atoms with van der Waals surface area (Å²) in [4.78, 5) is 0. The van der Waals surface area contributed by atoms with Crippen LogP contribution in [0.4, 0.5) is 0 Å². The van der Waals surface area contributed by atoms with Gasteiger partial charge in [0.1, 0.15) is 5.75 Å². The lowest BCUT2D eigenvalue weighted by Gasteiger charge is -2.32. The highest BCUT2D eigenvalue weighted by molar-refractivity contribution is 6.63. The Morgan fingerprint density at radius 2 is 1.83 bits per heavy atom. The van der Waals surface area contributed by atoms with Crippen molar-refractivity contribution < 1.29 is 18.8 Å². The molecule has 0 aromatic heterocycles. The maximum atomic E-state index is 6.21. The van der Waals surface area contributed by atoms with Crippen LogP contribution < -0.4 is 15.4 Å². The van der Waals surface area contributed by atoms with E-state index in [1.54, 1.807) is 0 Å². The SMILES string of the molecule is CC1(C)OB(c2cc([SiH3])ccc2OC2CCCCO2)OC1(C)C. The molecule has 1 atom stereocenters. The summed E-state index contributed by atoms with van der Waals surface area (Å²) in [6.07, 6.45) is 3.04. The third kappa shape index (κ3) is 3.50. The van der Waals surface area contributed by atoms with Crippen molar-refractivity contribution >= 4 is 28.0 Å². The van der Waals surface area contributed by atoms with Crippen molar-refractivity contribution in [2.45, 2.75) is 64.4 Å². The highest BCUT2D eigenvalue weighted by Gasteiger charge is 2.52. The second kappa shape index (κ2) is 6.24. The topological polar surface area (TPSA) is 36.9 Å². The second-order valence-electron chi connectivity index (χ2n) is 7.54. The molecule has 0 radical (unpaired) electrons. The number of ether oxygens (including phenoxy) is 2. The lowest BCUT2D eigenvalue weighted by atomic mass is 9.78. The standard InChI is InChI=1S/C17H27BO4Si/c1-16(2)17(3,4)22-18(21-16)13-11-12(23)8-9-14(13)20-15-7-5-6-10-19-15/h8-9,11,15H,5-7,10H2,1-4,23H3. The van der Waals surface area contributed by atoms with Gasteiger partial charge < -0.3 is 18.8 Å². The van der Waals surface area contributed by atoms with E-state index in [1.165, 1.54) is 5.19 Å². The van der Waals surface area contributed by atoms with E-state index in [0.29, 0.717) is 0 Å². The van der Waals surface area contributed by atoms with E-state index in [0.717, 1.165) is 47.3 Å². The molecule has 4 nitrogen and oxygen atoms in total. The van der Waals surface area contributed by atoms with Crippen molar-refractivity contribution in [3.63, 3.8) is 0 Å². The zero-order valence-electron chi connectivity index (χ0n) is 14.8. The fourth-order valence-electron chi connectivity index (χ4n) is 2.88. The largest absolute Gasteiger partial charge is 0.498 e. The lowest BCUT2D eigenvalue weighted by Crippen LogP contribution is -2.41. The van der Waals surface area contributed by atoms with Gasteiger partial charge >= 0.3 is 7.12 Å². The smallest absolute Gasteiger partial charge is 0.465 e. The highest BCUT2D eigenvalue weighted by atomic mass is 28.1. The Kier molecular flexibility index (Phi) is 4.62. The van der Waals surface area contributed by atoms with Gasteiger partial charge in [-0.3, -0.25) is 0 Å².